The molecular formula is C23H26F3N2O4S-. The summed E-state index contributed by atoms with van der Waals surface area (Å²) in [5, 5.41) is 5.89. The molecule has 1 amide bonds. The number of ether oxygens (including phenoxy) is 1. The molecule has 1 saturated carbocycles. The number of anilines is 1. The molecule has 0 spiro atoms. The number of hydrogen-bond donors (Lipinski definition) is 2. The van der Waals surface area contributed by atoms with E-state index in [-0.39, 0.29) is 29.5 Å². The van der Waals surface area contributed by atoms with Crippen molar-refractivity contribution in [2.75, 3.05) is 11.2 Å². The first-order valence-corrected chi connectivity index (χ1v) is 11.8. The summed E-state index contributed by atoms with van der Waals surface area (Å²) in [7, 11) is 0. The number of hydrogen-bond acceptors (Lipinski definition) is 5. The smallest absolute Gasteiger partial charge is 0.573 e. The van der Waals surface area contributed by atoms with Gasteiger partial charge in [-0.05, 0) is 65.7 Å². The average molecular weight is 484 g/mol. The minimum atomic E-state index is -4.75. The van der Waals surface area contributed by atoms with E-state index in [1.54, 1.807) is 18.2 Å². The standard InChI is InChI=1S/C23H27F3N2O4S/c1-4-15-11-16(5-10-20(15)27-13-33(30)31)14(2)28-21(29)19-12-22(19,3)17-6-8-18(9-7-17)32-23(24,25)26/h5-11,14,19,27H,4,12-13H2,1-3H3,(H,28,29)(H,30,31)/p-1/t14-,19?,22?/m1/s1. The minimum Gasteiger partial charge on any atom is -0.771 e. The zero-order chi connectivity index (χ0) is 24.4. The number of alkyl halides is 3. The van der Waals surface area contributed by atoms with Crippen molar-refractivity contribution in [3.8, 4) is 5.75 Å². The molecule has 6 nitrogen and oxygen atoms in total. The van der Waals surface area contributed by atoms with Crippen molar-refractivity contribution in [1.29, 1.82) is 0 Å². The predicted molar refractivity (Wildman–Crippen MR) is 118 cm³/mol. The highest BCUT2D eigenvalue weighted by atomic mass is 32.2. The SMILES string of the molecule is CCc1cc([C@@H](C)NC(=O)C2CC2(C)c2ccc(OC(F)(F)F)cc2)ccc1NCS(=O)[O-]. The van der Waals surface area contributed by atoms with Crippen LogP contribution in [0.15, 0.2) is 42.5 Å². The molecule has 3 unspecified atom stereocenters. The fourth-order valence-corrected chi connectivity index (χ4v) is 4.26. The molecule has 10 heteroatoms. The van der Waals surface area contributed by atoms with Crippen LogP contribution >= 0.6 is 0 Å². The van der Waals surface area contributed by atoms with Gasteiger partial charge in [-0.2, -0.15) is 0 Å². The summed E-state index contributed by atoms with van der Waals surface area (Å²) in [5.41, 5.74) is 2.90. The maximum Gasteiger partial charge on any atom is 0.573 e. The molecule has 0 aliphatic heterocycles. The lowest BCUT2D eigenvalue weighted by atomic mass is 9.95. The second-order valence-corrected chi connectivity index (χ2v) is 9.27. The molecule has 4 atom stereocenters. The second-order valence-electron chi connectivity index (χ2n) is 8.37. The maximum absolute atomic E-state index is 12.9. The predicted octanol–water partition coefficient (Wildman–Crippen LogP) is 4.55. The van der Waals surface area contributed by atoms with Crippen LogP contribution in [0.4, 0.5) is 18.9 Å². The molecule has 1 fully saturated rings. The molecule has 2 aromatic carbocycles. The van der Waals surface area contributed by atoms with Crippen LogP contribution in [0.1, 0.15) is 49.9 Å². The number of benzene rings is 2. The van der Waals surface area contributed by atoms with Gasteiger partial charge in [0.25, 0.3) is 0 Å². The van der Waals surface area contributed by atoms with Gasteiger partial charge in [-0.15, -0.1) is 13.2 Å². The molecule has 33 heavy (non-hydrogen) atoms. The Bertz CT molecular complexity index is 1030. The Balaban J connectivity index is 1.63. The number of carbonyl (C=O) groups is 1. The Morgan fingerprint density at radius 1 is 1.27 bits per heavy atom. The topological polar surface area (TPSA) is 90.5 Å². The molecule has 0 aromatic heterocycles. The normalized spacial score (nSPS) is 21.7. The van der Waals surface area contributed by atoms with Crippen LogP contribution in [0.25, 0.3) is 0 Å². The van der Waals surface area contributed by atoms with Gasteiger partial charge in [-0.1, -0.05) is 38.1 Å². The zero-order valence-corrected chi connectivity index (χ0v) is 19.3. The second kappa shape index (κ2) is 9.72. The van der Waals surface area contributed by atoms with Crippen molar-refractivity contribution in [1.82, 2.24) is 5.32 Å². The third-order valence-corrected chi connectivity index (χ3v) is 6.43. The number of carbonyl (C=O) groups excluding carboxylic acids is 1. The first-order valence-electron chi connectivity index (χ1n) is 10.5. The van der Waals surface area contributed by atoms with Crippen LogP contribution in [0.2, 0.25) is 0 Å². The maximum atomic E-state index is 12.9. The Labute approximate surface area is 193 Å². The first kappa shape index (κ1) is 25.0. The third kappa shape index (κ3) is 6.26. The zero-order valence-electron chi connectivity index (χ0n) is 18.5. The van der Waals surface area contributed by atoms with Crippen LogP contribution in [-0.2, 0) is 27.7 Å². The molecule has 3 rings (SSSR count). The van der Waals surface area contributed by atoms with Gasteiger partial charge in [-0.3, -0.25) is 9.00 Å². The summed E-state index contributed by atoms with van der Waals surface area (Å²) in [4.78, 5) is 12.9. The number of aryl methyl sites for hydroxylation is 1. The highest BCUT2D eigenvalue weighted by Gasteiger charge is 2.55. The van der Waals surface area contributed by atoms with Crippen molar-refractivity contribution in [3.05, 3.63) is 59.2 Å². The van der Waals surface area contributed by atoms with Crippen molar-refractivity contribution in [3.63, 3.8) is 0 Å². The molecule has 0 radical (unpaired) electrons. The molecule has 2 aromatic rings. The van der Waals surface area contributed by atoms with Crippen LogP contribution in [-0.4, -0.2) is 26.9 Å². The van der Waals surface area contributed by atoms with E-state index in [0.29, 0.717) is 12.8 Å². The molecule has 180 valence electrons. The number of rotatable bonds is 9. The lowest BCUT2D eigenvalue weighted by Crippen LogP contribution is -2.30. The van der Waals surface area contributed by atoms with E-state index >= 15 is 0 Å². The molecule has 1 aliphatic carbocycles. The van der Waals surface area contributed by atoms with E-state index < -0.39 is 22.9 Å². The third-order valence-electron chi connectivity index (χ3n) is 6.05. The van der Waals surface area contributed by atoms with Gasteiger partial charge >= 0.3 is 6.36 Å². The largest absolute Gasteiger partial charge is 0.771 e. The Hall–Kier alpha value is -2.59. The Morgan fingerprint density at radius 3 is 2.52 bits per heavy atom. The van der Waals surface area contributed by atoms with Crippen LogP contribution in [0, 0.1) is 5.92 Å². The molecule has 0 saturated heterocycles. The quantitative estimate of drug-likeness (QED) is 0.511. The van der Waals surface area contributed by atoms with E-state index in [1.165, 1.54) is 12.1 Å². The Morgan fingerprint density at radius 2 is 1.94 bits per heavy atom. The highest BCUT2D eigenvalue weighted by molar-refractivity contribution is 7.79. The monoisotopic (exact) mass is 483 g/mol. The van der Waals surface area contributed by atoms with Gasteiger partial charge in [0.15, 0.2) is 0 Å². The van der Waals surface area contributed by atoms with Crippen LogP contribution < -0.4 is 15.4 Å². The van der Waals surface area contributed by atoms with Crippen LogP contribution in [0.3, 0.4) is 0 Å². The van der Waals surface area contributed by atoms with E-state index in [1.807, 2.05) is 32.9 Å². The summed E-state index contributed by atoms with van der Waals surface area (Å²) >= 11 is -2.20. The number of halogens is 3. The lowest BCUT2D eigenvalue weighted by molar-refractivity contribution is -0.274. The number of nitrogens with one attached hydrogen (secondary N) is 2. The van der Waals surface area contributed by atoms with Gasteiger partial charge in [0.05, 0.1) is 11.9 Å². The molecule has 0 heterocycles. The summed E-state index contributed by atoms with van der Waals surface area (Å²) in [6.45, 7) is 5.75. The fourth-order valence-electron chi connectivity index (χ4n) is 3.99. The van der Waals surface area contributed by atoms with Gasteiger partial charge in [0.2, 0.25) is 5.91 Å². The Kier molecular flexibility index (Phi) is 7.38. The summed E-state index contributed by atoms with van der Waals surface area (Å²) in [5.74, 6) is -0.880. The first-order chi connectivity index (χ1) is 15.4. The average Bonchev–Trinajstić information content (AvgIpc) is 3.44. The summed E-state index contributed by atoms with van der Waals surface area (Å²) in [6, 6.07) is 11.0. The lowest BCUT2D eigenvalue weighted by Gasteiger charge is -2.19. The number of amides is 1. The summed E-state index contributed by atoms with van der Waals surface area (Å²) < 4.78 is 62.6. The van der Waals surface area contributed by atoms with Crippen LogP contribution in [0.5, 0.6) is 5.75 Å². The molecule has 0 bridgehead atoms. The van der Waals surface area contributed by atoms with Crippen molar-refractivity contribution >= 4 is 22.7 Å². The van der Waals surface area contributed by atoms with Crippen molar-refractivity contribution in [2.45, 2.75) is 51.4 Å². The van der Waals surface area contributed by atoms with Gasteiger partial charge in [-0.25, -0.2) is 0 Å². The van der Waals surface area contributed by atoms with E-state index in [4.69, 9.17) is 0 Å². The molecule has 1 aliphatic rings. The van der Waals surface area contributed by atoms with Gasteiger partial charge in [0.1, 0.15) is 5.75 Å². The molecular weight excluding hydrogens is 457 g/mol. The fraction of sp³-hybridized carbons (Fsp3) is 0.435. The summed E-state index contributed by atoms with van der Waals surface area (Å²) in [6.07, 6.45) is -3.46. The van der Waals surface area contributed by atoms with Crippen molar-refractivity contribution < 1.29 is 31.5 Å². The molecule has 2 N–H and O–H groups in total. The van der Waals surface area contributed by atoms with Gasteiger partial charge < -0.3 is 19.9 Å². The van der Waals surface area contributed by atoms with E-state index in [0.717, 1.165) is 22.4 Å². The minimum absolute atomic E-state index is 0.123. The highest BCUT2D eigenvalue weighted by Crippen LogP contribution is 2.54. The van der Waals surface area contributed by atoms with Crippen molar-refractivity contribution in [2.24, 2.45) is 5.92 Å². The van der Waals surface area contributed by atoms with Gasteiger partial charge in [0, 0.05) is 17.0 Å². The van der Waals surface area contributed by atoms with E-state index in [9.17, 15) is 26.7 Å². The van der Waals surface area contributed by atoms with E-state index in [2.05, 4.69) is 15.4 Å².